The van der Waals surface area contributed by atoms with Gasteiger partial charge in [-0.05, 0) is 35.4 Å². The molecular formula is C27H25Cl2N7O2. The monoisotopic (exact) mass is 549 g/mol. The lowest BCUT2D eigenvalue weighted by atomic mass is 10.0. The first kappa shape index (κ1) is 26.9. The summed E-state index contributed by atoms with van der Waals surface area (Å²) in [5, 5.41) is 4.51. The first-order valence-corrected chi connectivity index (χ1v) is 12.3. The zero-order valence-electron chi connectivity index (χ0n) is 20.2. The third-order valence-corrected chi connectivity index (χ3v) is 6.04. The minimum atomic E-state index is -0.841. The molecule has 2 heterocycles. The number of hydrazine groups is 1. The highest BCUT2D eigenvalue weighted by molar-refractivity contribution is 6.31. The first-order valence-electron chi connectivity index (χ1n) is 11.6. The molecule has 11 heteroatoms. The van der Waals surface area contributed by atoms with Crippen molar-refractivity contribution in [3.63, 3.8) is 0 Å². The van der Waals surface area contributed by atoms with Crippen molar-refractivity contribution in [2.45, 2.75) is 19.0 Å². The Morgan fingerprint density at radius 2 is 1.87 bits per heavy atom. The lowest BCUT2D eigenvalue weighted by Gasteiger charge is -2.21. The number of nitrogens with one attached hydrogen (secondary N) is 1. The Balaban J connectivity index is 1.69. The van der Waals surface area contributed by atoms with E-state index in [1.54, 1.807) is 36.7 Å². The van der Waals surface area contributed by atoms with Crippen LogP contribution in [-0.4, -0.2) is 20.4 Å². The van der Waals surface area contributed by atoms with Crippen molar-refractivity contribution >= 4 is 34.8 Å². The summed E-state index contributed by atoms with van der Waals surface area (Å²) in [5.74, 6) is 5.76. The van der Waals surface area contributed by atoms with Crippen LogP contribution in [0.4, 0.5) is 5.69 Å². The Labute approximate surface area is 229 Å². The zero-order valence-corrected chi connectivity index (χ0v) is 21.7. The average molecular weight is 550 g/mol. The van der Waals surface area contributed by atoms with Crippen LogP contribution in [0.25, 0.3) is 11.3 Å². The maximum Gasteiger partial charge on any atom is 0.254 e. The number of carbonyl (C=O) groups excluding carboxylic acids is 1. The third-order valence-electron chi connectivity index (χ3n) is 5.71. The summed E-state index contributed by atoms with van der Waals surface area (Å²) >= 11 is 12.0. The summed E-state index contributed by atoms with van der Waals surface area (Å²) in [6.07, 6.45) is 6.29. The van der Waals surface area contributed by atoms with Crippen LogP contribution in [-0.2, 0) is 17.8 Å². The van der Waals surface area contributed by atoms with E-state index in [2.05, 4.69) is 15.3 Å². The fourth-order valence-corrected chi connectivity index (χ4v) is 4.17. The van der Waals surface area contributed by atoms with E-state index in [1.807, 2.05) is 36.4 Å². The number of aromatic nitrogens is 3. The predicted molar refractivity (Wildman–Crippen MR) is 149 cm³/mol. The van der Waals surface area contributed by atoms with Crippen LogP contribution in [0.3, 0.4) is 0 Å². The van der Waals surface area contributed by atoms with Gasteiger partial charge in [-0.3, -0.25) is 24.1 Å². The molecule has 0 aliphatic rings. The molecule has 2 aromatic heterocycles. The van der Waals surface area contributed by atoms with Crippen LogP contribution in [0.1, 0.15) is 17.2 Å². The maximum absolute atomic E-state index is 13.4. The van der Waals surface area contributed by atoms with E-state index < -0.39 is 11.6 Å². The molecule has 0 spiro atoms. The fourth-order valence-electron chi connectivity index (χ4n) is 3.90. The number of hydrogen-bond donors (Lipinski definition) is 3. The number of nitrogens with zero attached hydrogens (tertiary/aromatic N) is 4. The van der Waals surface area contributed by atoms with Gasteiger partial charge in [-0.15, -0.1) is 0 Å². The molecule has 1 unspecified atom stereocenters. The van der Waals surface area contributed by atoms with E-state index in [-0.39, 0.29) is 17.6 Å². The molecule has 9 nitrogen and oxygen atoms in total. The molecule has 0 saturated carbocycles. The Kier molecular flexibility index (Phi) is 8.75. The van der Waals surface area contributed by atoms with Crippen LogP contribution >= 0.6 is 23.2 Å². The zero-order chi connectivity index (χ0) is 27.1. The highest BCUT2D eigenvalue weighted by Crippen LogP contribution is 2.31. The van der Waals surface area contributed by atoms with E-state index >= 15 is 0 Å². The van der Waals surface area contributed by atoms with Crippen molar-refractivity contribution in [1.29, 1.82) is 0 Å². The summed E-state index contributed by atoms with van der Waals surface area (Å²) < 4.78 is 1.32. The van der Waals surface area contributed by atoms with Crippen molar-refractivity contribution < 1.29 is 4.79 Å². The molecule has 0 fully saturated rings. The van der Waals surface area contributed by atoms with Crippen LogP contribution in [0.5, 0.6) is 0 Å². The van der Waals surface area contributed by atoms with E-state index in [0.29, 0.717) is 28.4 Å². The van der Waals surface area contributed by atoms with E-state index in [4.69, 9.17) is 34.8 Å². The van der Waals surface area contributed by atoms with Gasteiger partial charge in [0, 0.05) is 42.0 Å². The quantitative estimate of drug-likeness (QED) is 0.164. The highest BCUT2D eigenvalue weighted by atomic mass is 35.5. The number of hydrogen-bond acceptors (Lipinski definition) is 7. The van der Waals surface area contributed by atoms with Crippen LogP contribution in [0, 0.1) is 0 Å². The summed E-state index contributed by atoms with van der Waals surface area (Å²) in [4.78, 5) is 35.3. The fraction of sp³-hybridized carbons (Fsp3) is 0.111. The summed E-state index contributed by atoms with van der Waals surface area (Å²) in [5.41, 5.74) is 8.13. The standard InChI is InChI=1S/C27H25Cl2N7O2/c28-20-8-9-23(36(31)16-25(29)30)21(12-20)22-13-26(37)35(17-34-22)24(11-18-5-2-1-3-6-18)27(38)33-15-19-7-4-10-32-14-19/h1-10,12-14,16-17,24H,11,15,30-31H2,(H,33,38)/b25-16-. The molecule has 0 aliphatic heterocycles. The van der Waals surface area contributed by atoms with E-state index in [1.165, 1.54) is 28.2 Å². The molecule has 2 aromatic carbocycles. The van der Waals surface area contributed by atoms with Crippen molar-refractivity contribution in [1.82, 2.24) is 19.9 Å². The van der Waals surface area contributed by atoms with Gasteiger partial charge in [0.2, 0.25) is 5.91 Å². The minimum Gasteiger partial charge on any atom is -0.388 e. The van der Waals surface area contributed by atoms with Crippen LogP contribution in [0.2, 0.25) is 5.02 Å². The van der Waals surface area contributed by atoms with Gasteiger partial charge in [0.05, 0.1) is 23.9 Å². The molecule has 194 valence electrons. The number of carbonyl (C=O) groups is 1. The highest BCUT2D eigenvalue weighted by Gasteiger charge is 2.23. The molecule has 4 rings (SSSR count). The van der Waals surface area contributed by atoms with Gasteiger partial charge in [-0.25, -0.2) is 10.8 Å². The molecule has 0 aliphatic carbocycles. The molecule has 38 heavy (non-hydrogen) atoms. The number of pyridine rings is 1. The molecule has 0 saturated heterocycles. The van der Waals surface area contributed by atoms with Gasteiger partial charge in [0.1, 0.15) is 11.2 Å². The Hall–Kier alpha value is -4.18. The first-order chi connectivity index (χ1) is 18.3. The molecule has 0 radical (unpaired) electrons. The molecule has 0 bridgehead atoms. The van der Waals surface area contributed by atoms with Gasteiger partial charge in [-0.1, -0.05) is 59.6 Å². The van der Waals surface area contributed by atoms with E-state index in [0.717, 1.165) is 11.1 Å². The molecular weight excluding hydrogens is 525 g/mol. The second kappa shape index (κ2) is 12.4. The number of anilines is 1. The van der Waals surface area contributed by atoms with Crippen molar-refractivity contribution in [2.24, 2.45) is 11.6 Å². The van der Waals surface area contributed by atoms with E-state index in [9.17, 15) is 9.59 Å². The van der Waals surface area contributed by atoms with Crippen molar-refractivity contribution in [3.8, 4) is 11.3 Å². The Morgan fingerprint density at radius 1 is 1.11 bits per heavy atom. The van der Waals surface area contributed by atoms with Crippen LogP contribution < -0.4 is 27.5 Å². The van der Waals surface area contributed by atoms with Gasteiger partial charge < -0.3 is 11.1 Å². The minimum absolute atomic E-state index is 0.0298. The maximum atomic E-state index is 13.4. The number of nitrogens with two attached hydrogens (primary N) is 2. The summed E-state index contributed by atoms with van der Waals surface area (Å²) in [7, 11) is 0. The second-order valence-corrected chi connectivity index (χ2v) is 9.26. The average Bonchev–Trinajstić information content (AvgIpc) is 2.91. The Morgan fingerprint density at radius 3 is 2.55 bits per heavy atom. The summed E-state index contributed by atoms with van der Waals surface area (Å²) in [6, 6.07) is 18.5. The smallest absolute Gasteiger partial charge is 0.254 e. The number of halogens is 2. The third kappa shape index (κ3) is 6.77. The normalized spacial score (nSPS) is 12.1. The SMILES string of the molecule is N/C(Cl)=C\N(N)c1ccc(Cl)cc1-c1cc(=O)n(C(Cc2ccccc2)C(=O)NCc2cccnc2)cn1. The molecule has 4 aromatic rings. The molecule has 5 N–H and O–H groups in total. The summed E-state index contributed by atoms with van der Waals surface area (Å²) in [6.45, 7) is 0.271. The van der Waals surface area contributed by atoms with Gasteiger partial charge >= 0.3 is 0 Å². The van der Waals surface area contributed by atoms with Crippen molar-refractivity contribution in [3.05, 3.63) is 123 Å². The lowest BCUT2D eigenvalue weighted by molar-refractivity contribution is -0.124. The predicted octanol–water partition coefficient (Wildman–Crippen LogP) is 3.74. The largest absolute Gasteiger partial charge is 0.388 e. The van der Waals surface area contributed by atoms with Gasteiger partial charge in [0.25, 0.3) is 5.56 Å². The molecule has 1 amide bonds. The topological polar surface area (TPSA) is 132 Å². The van der Waals surface area contributed by atoms with Crippen LogP contribution in [0.15, 0.2) is 102 Å². The molecule has 1 atom stereocenters. The number of rotatable bonds is 9. The van der Waals surface area contributed by atoms with Gasteiger partial charge in [0.15, 0.2) is 0 Å². The Bertz CT molecular complexity index is 1490. The van der Waals surface area contributed by atoms with Crippen molar-refractivity contribution in [2.75, 3.05) is 5.01 Å². The number of benzene rings is 2. The lowest BCUT2D eigenvalue weighted by Crippen LogP contribution is -2.38. The van der Waals surface area contributed by atoms with Gasteiger partial charge in [-0.2, -0.15) is 0 Å². The second-order valence-electron chi connectivity index (χ2n) is 8.39. The number of amides is 1.